The fourth-order valence-corrected chi connectivity index (χ4v) is 2.14. The lowest BCUT2D eigenvalue weighted by Crippen LogP contribution is -2.12. The van der Waals surface area contributed by atoms with Crippen LogP contribution in [0.5, 0.6) is 0 Å². The van der Waals surface area contributed by atoms with E-state index in [9.17, 15) is 4.79 Å². The molecule has 0 radical (unpaired) electrons. The van der Waals surface area contributed by atoms with Crippen LogP contribution in [0.1, 0.15) is 10.4 Å². The summed E-state index contributed by atoms with van der Waals surface area (Å²) in [4.78, 5) is 11.5. The molecule has 0 fully saturated rings. The predicted molar refractivity (Wildman–Crippen MR) is 74.5 cm³/mol. The van der Waals surface area contributed by atoms with E-state index in [0.29, 0.717) is 22.5 Å². The number of hydrogen-bond acceptors (Lipinski definition) is 3. The number of nitrogens with two attached hydrogens (primary N) is 2. The van der Waals surface area contributed by atoms with Crippen molar-refractivity contribution in [2.45, 2.75) is 0 Å². The molecule has 0 saturated carbocycles. The Morgan fingerprint density at radius 1 is 1.16 bits per heavy atom. The van der Waals surface area contributed by atoms with Gasteiger partial charge in [0.15, 0.2) is 0 Å². The highest BCUT2D eigenvalue weighted by Crippen LogP contribution is 2.29. The Labute approximate surface area is 109 Å². The van der Waals surface area contributed by atoms with Crippen LogP contribution in [0.2, 0.25) is 0 Å². The lowest BCUT2D eigenvalue weighted by molar-refractivity contribution is 0.100. The van der Waals surface area contributed by atoms with Crippen molar-refractivity contribution in [1.29, 1.82) is 0 Å². The van der Waals surface area contributed by atoms with E-state index in [4.69, 9.17) is 11.5 Å². The zero-order chi connectivity index (χ0) is 13.4. The van der Waals surface area contributed by atoms with Crippen LogP contribution in [0.3, 0.4) is 0 Å². The summed E-state index contributed by atoms with van der Waals surface area (Å²) in [5, 5.41) is 8.05. The number of aromatic nitrogens is 2. The third-order valence-corrected chi connectivity index (χ3v) is 3.03. The highest BCUT2D eigenvalue weighted by Gasteiger charge is 2.14. The molecule has 3 aromatic rings. The van der Waals surface area contributed by atoms with Crippen molar-refractivity contribution in [3.05, 3.63) is 48.0 Å². The fraction of sp³-hybridized carbons (Fsp3) is 0. The molecule has 5 heteroatoms. The molecule has 0 atom stereocenters. The Hall–Kier alpha value is -2.82. The molecule has 5 nitrogen and oxygen atoms in total. The maximum Gasteiger partial charge on any atom is 0.249 e. The standard InChI is InChI=1S/C14H12N4O/c15-8-5-6-12-11(7-8)13(18-17-12)9-3-1-2-4-10(9)14(16)19/h1-7H,15H2,(H2,16,19)(H,17,18). The average molecular weight is 252 g/mol. The maximum atomic E-state index is 11.5. The van der Waals surface area contributed by atoms with Gasteiger partial charge in [-0.25, -0.2) is 0 Å². The number of benzene rings is 2. The average Bonchev–Trinajstić information content (AvgIpc) is 2.81. The number of H-pyrrole nitrogens is 1. The lowest BCUT2D eigenvalue weighted by atomic mass is 10.0. The number of aromatic amines is 1. The van der Waals surface area contributed by atoms with Crippen molar-refractivity contribution < 1.29 is 4.79 Å². The summed E-state index contributed by atoms with van der Waals surface area (Å²) < 4.78 is 0. The van der Waals surface area contributed by atoms with Crippen LogP contribution in [0, 0.1) is 0 Å². The number of carbonyl (C=O) groups is 1. The quantitative estimate of drug-likeness (QED) is 0.607. The smallest absolute Gasteiger partial charge is 0.249 e. The monoisotopic (exact) mass is 252 g/mol. The number of amides is 1. The highest BCUT2D eigenvalue weighted by atomic mass is 16.1. The molecule has 0 unspecified atom stereocenters. The summed E-state index contributed by atoms with van der Waals surface area (Å²) in [6.07, 6.45) is 0. The number of primary amides is 1. The topological polar surface area (TPSA) is 97.8 Å². The zero-order valence-electron chi connectivity index (χ0n) is 10.1. The number of nitrogen functional groups attached to an aromatic ring is 1. The minimum absolute atomic E-state index is 0.443. The summed E-state index contributed by atoms with van der Waals surface area (Å²) in [5.41, 5.74) is 14.5. The van der Waals surface area contributed by atoms with E-state index in [1.54, 1.807) is 18.2 Å². The van der Waals surface area contributed by atoms with Crippen molar-refractivity contribution in [2.24, 2.45) is 5.73 Å². The van der Waals surface area contributed by atoms with Crippen molar-refractivity contribution in [3.63, 3.8) is 0 Å². The molecule has 0 saturated heterocycles. The van der Waals surface area contributed by atoms with E-state index >= 15 is 0 Å². The van der Waals surface area contributed by atoms with E-state index < -0.39 is 5.91 Å². The SMILES string of the molecule is NC(=O)c1ccccc1-c1n[nH]c2ccc(N)cc12. The number of nitrogens with zero attached hydrogens (tertiary/aromatic N) is 1. The molecule has 0 aliphatic rings. The number of hydrogen-bond donors (Lipinski definition) is 3. The van der Waals surface area contributed by atoms with Gasteiger partial charge in [0.25, 0.3) is 0 Å². The molecular weight excluding hydrogens is 240 g/mol. The van der Waals surface area contributed by atoms with Gasteiger partial charge in [-0.05, 0) is 24.3 Å². The van der Waals surface area contributed by atoms with Gasteiger partial charge in [-0.2, -0.15) is 5.10 Å². The number of carbonyl (C=O) groups excluding carboxylic acids is 1. The molecule has 0 spiro atoms. The molecule has 19 heavy (non-hydrogen) atoms. The third-order valence-electron chi connectivity index (χ3n) is 3.03. The normalized spacial score (nSPS) is 10.7. The van der Waals surface area contributed by atoms with Gasteiger partial charge in [0.1, 0.15) is 5.69 Å². The first kappa shape index (κ1) is 11.3. The predicted octanol–water partition coefficient (Wildman–Crippen LogP) is 1.91. The molecule has 1 heterocycles. The number of nitrogens with one attached hydrogen (secondary N) is 1. The second-order valence-electron chi connectivity index (χ2n) is 4.29. The molecule has 0 aliphatic heterocycles. The Kier molecular flexibility index (Phi) is 2.45. The van der Waals surface area contributed by atoms with Crippen LogP contribution < -0.4 is 11.5 Å². The summed E-state index contributed by atoms with van der Waals surface area (Å²) in [6.45, 7) is 0. The highest BCUT2D eigenvalue weighted by molar-refractivity contribution is 6.04. The molecule has 0 aliphatic carbocycles. The molecule has 3 rings (SSSR count). The first-order chi connectivity index (χ1) is 9.16. The molecule has 0 bridgehead atoms. The van der Waals surface area contributed by atoms with Gasteiger partial charge < -0.3 is 11.5 Å². The molecule has 94 valence electrons. The van der Waals surface area contributed by atoms with E-state index in [2.05, 4.69) is 10.2 Å². The van der Waals surface area contributed by atoms with Crippen molar-refractivity contribution in [3.8, 4) is 11.3 Å². The van der Waals surface area contributed by atoms with Gasteiger partial charge in [0.05, 0.1) is 5.52 Å². The summed E-state index contributed by atoms with van der Waals surface area (Å²) in [6, 6.07) is 12.6. The van der Waals surface area contributed by atoms with E-state index in [-0.39, 0.29) is 0 Å². The van der Waals surface area contributed by atoms with Crippen LogP contribution in [-0.2, 0) is 0 Å². The zero-order valence-corrected chi connectivity index (χ0v) is 10.1. The van der Waals surface area contributed by atoms with E-state index in [1.165, 1.54) is 0 Å². The molecule has 1 aromatic heterocycles. The Morgan fingerprint density at radius 2 is 1.95 bits per heavy atom. The summed E-state index contributed by atoms with van der Waals surface area (Å²) >= 11 is 0. The first-order valence-electron chi connectivity index (χ1n) is 5.79. The third kappa shape index (κ3) is 1.81. The van der Waals surface area contributed by atoms with Crippen molar-refractivity contribution in [1.82, 2.24) is 10.2 Å². The summed E-state index contributed by atoms with van der Waals surface area (Å²) in [7, 11) is 0. The maximum absolute atomic E-state index is 11.5. The van der Waals surface area contributed by atoms with Gasteiger partial charge >= 0.3 is 0 Å². The van der Waals surface area contributed by atoms with Crippen molar-refractivity contribution >= 4 is 22.5 Å². The van der Waals surface area contributed by atoms with Gasteiger partial charge in [0.2, 0.25) is 5.91 Å². The van der Waals surface area contributed by atoms with Crippen LogP contribution in [-0.4, -0.2) is 16.1 Å². The summed E-state index contributed by atoms with van der Waals surface area (Å²) in [5.74, 6) is -0.476. The second kappa shape index (κ2) is 4.13. The van der Waals surface area contributed by atoms with E-state index in [1.807, 2.05) is 24.3 Å². The minimum atomic E-state index is -0.476. The van der Waals surface area contributed by atoms with E-state index in [0.717, 1.165) is 10.9 Å². The largest absolute Gasteiger partial charge is 0.399 e. The molecule has 5 N–H and O–H groups in total. The molecular formula is C14H12N4O. The lowest BCUT2D eigenvalue weighted by Gasteiger charge is -2.04. The Balaban J connectivity index is 2.31. The van der Waals surface area contributed by atoms with Crippen LogP contribution in [0.15, 0.2) is 42.5 Å². The molecule has 1 amide bonds. The van der Waals surface area contributed by atoms with Gasteiger partial charge in [-0.3, -0.25) is 9.89 Å². The van der Waals surface area contributed by atoms with Crippen LogP contribution in [0.4, 0.5) is 5.69 Å². The van der Waals surface area contributed by atoms with Gasteiger partial charge in [0, 0.05) is 22.2 Å². The van der Waals surface area contributed by atoms with Gasteiger partial charge in [-0.1, -0.05) is 18.2 Å². The first-order valence-corrected chi connectivity index (χ1v) is 5.79. The van der Waals surface area contributed by atoms with Crippen molar-refractivity contribution in [2.75, 3.05) is 5.73 Å². The van der Waals surface area contributed by atoms with Crippen LogP contribution in [0.25, 0.3) is 22.2 Å². The molecule has 2 aromatic carbocycles. The second-order valence-corrected chi connectivity index (χ2v) is 4.29. The Bertz CT molecular complexity index is 776. The number of fused-ring (bicyclic) bond motifs is 1. The Morgan fingerprint density at radius 3 is 2.74 bits per heavy atom. The fourth-order valence-electron chi connectivity index (χ4n) is 2.14. The number of rotatable bonds is 2. The number of anilines is 1. The minimum Gasteiger partial charge on any atom is -0.399 e. The van der Waals surface area contributed by atoms with Gasteiger partial charge in [-0.15, -0.1) is 0 Å². The van der Waals surface area contributed by atoms with Crippen LogP contribution >= 0.6 is 0 Å².